The van der Waals surface area contributed by atoms with Crippen LogP contribution < -0.4 is 0 Å². The van der Waals surface area contributed by atoms with Crippen molar-refractivity contribution in [2.24, 2.45) is 0 Å². The van der Waals surface area contributed by atoms with E-state index in [0.717, 1.165) is 0 Å². The number of hydrogen-bond donors (Lipinski definition) is 0. The van der Waals surface area contributed by atoms with Crippen molar-refractivity contribution in [2.45, 2.75) is 90.0 Å². The van der Waals surface area contributed by atoms with Crippen LogP contribution in [-0.2, 0) is 8.85 Å². The molecule has 0 aromatic rings. The van der Waals surface area contributed by atoms with E-state index in [4.69, 9.17) is 8.85 Å². The van der Waals surface area contributed by atoms with Crippen LogP contribution in [0.15, 0.2) is 0 Å². The largest absolute Gasteiger partial charge is 0.400 e. The lowest BCUT2D eigenvalue weighted by molar-refractivity contribution is 0.276. The Morgan fingerprint density at radius 3 is 1.32 bits per heavy atom. The van der Waals surface area contributed by atoms with Gasteiger partial charge in [-0.3, -0.25) is 0 Å². The van der Waals surface area contributed by atoms with Crippen molar-refractivity contribution >= 4 is 9.28 Å². The van der Waals surface area contributed by atoms with Gasteiger partial charge in [-0.15, -0.1) is 0 Å². The van der Waals surface area contributed by atoms with Gasteiger partial charge in [0.1, 0.15) is 0 Å². The molecule has 0 fully saturated rings. The first-order valence-corrected chi connectivity index (χ1v) is 10.2. The zero-order chi connectivity index (χ0) is 14.2. The molecule has 0 rings (SSSR count). The van der Waals surface area contributed by atoms with Gasteiger partial charge in [-0.1, -0.05) is 84.0 Å². The van der Waals surface area contributed by atoms with Gasteiger partial charge in [0.25, 0.3) is 0 Å². The van der Waals surface area contributed by atoms with E-state index in [1.54, 1.807) is 14.2 Å². The van der Waals surface area contributed by atoms with Crippen LogP contribution in [0.25, 0.3) is 0 Å². The molecule has 0 radical (unpaired) electrons. The SMILES string of the molecule is CCCCCCCCCCCCCC[SiH](OC)OC. The minimum Gasteiger partial charge on any atom is -0.400 e. The Labute approximate surface area is 123 Å². The van der Waals surface area contributed by atoms with Gasteiger partial charge < -0.3 is 8.85 Å². The van der Waals surface area contributed by atoms with Gasteiger partial charge in [0.2, 0.25) is 0 Å². The number of hydrogen-bond acceptors (Lipinski definition) is 2. The molecule has 0 aromatic heterocycles. The summed E-state index contributed by atoms with van der Waals surface area (Å²) < 4.78 is 10.6. The van der Waals surface area contributed by atoms with Gasteiger partial charge >= 0.3 is 9.28 Å². The van der Waals surface area contributed by atoms with E-state index in [0.29, 0.717) is 0 Å². The molecule has 0 heterocycles. The lowest BCUT2D eigenvalue weighted by Gasteiger charge is -2.10. The maximum absolute atomic E-state index is 5.32. The predicted molar refractivity (Wildman–Crippen MR) is 87.1 cm³/mol. The zero-order valence-corrected chi connectivity index (χ0v) is 14.7. The molecule has 0 aromatic carbocycles. The Morgan fingerprint density at radius 2 is 0.947 bits per heavy atom. The lowest BCUT2D eigenvalue weighted by atomic mass is 10.1. The Kier molecular flexibility index (Phi) is 16.3. The van der Waals surface area contributed by atoms with E-state index in [1.807, 2.05) is 0 Å². The molecule has 0 unspecified atom stereocenters. The molecule has 0 amide bonds. The van der Waals surface area contributed by atoms with Crippen molar-refractivity contribution in [3.63, 3.8) is 0 Å². The zero-order valence-electron chi connectivity index (χ0n) is 13.6. The van der Waals surface area contributed by atoms with Gasteiger partial charge in [0, 0.05) is 14.2 Å². The Morgan fingerprint density at radius 1 is 0.579 bits per heavy atom. The third kappa shape index (κ3) is 14.4. The highest BCUT2D eigenvalue weighted by molar-refractivity contribution is 6.44. The summed E-state index contributed by atoms with van der Waals surface area (Å²) >= 11 is 0. The summed E-state index contributed by atoms with van der Waals surface area (Å²) in [7, 11) is 2.28. The molecular formula is C16H36O2Si. The van der Waals surface area contributed by atoms with Crippen LogP contribution in [-0.4, -0.2) is 23.5 Å². The van der Waals surface area contributed by atoms with Gasteiger partial charge in [-0.05, 0) is 6.04 Å². The van der Waals surface area contributed by atoms with Crippen LogP contribution >= 0.6 is 0 Å². The van der Waals surface area contributed by atoms with E-state index >= 15 is 0 Å². The van der Waals surface area contributed by atoms with E-state index in [1.165, 1.54) is 83.1 Å². The maximum atomic E-state index is 5.32. The first-order chi connectivity index (χ1) is 9.35. The molecule has 0 spiro atoms. The molecule has 0 saturated heterocycles. The standard InChI is InChI=1S/C16H36O2Si/c1-4-5-6-7-8-9-10-11-12-13-14-15-16-19(17-2)18-3/h19H,4-16H2,1-3H3. The Bertz CT molecular complexity index is 161. The van der Waals surface area contributed by atoms with Crippen molar-refractivity contribution < 1.29 is 8.85 Å². The van der Waals surface area contributed by atoms with E-state index in [9.17, 15) is 0 Å². The first-order valence-electron chi connectivity index (χ1n) is 8.40. The van der Waals surface area contributed by atoms with Crippen molar-refractivity contribution in [3.05, 3.63) is 0 Å². The summed E-state index contributed by atoms with van der Waals surface area (Å²) in [6.07, 6.45) is 16.9. The quantitative estimate of drug-likeness (QED) is 0.304. The molecule has 19 heavy (non-hydrogen) atoms. The van der Waals surface area contributed by atoms with Crippen molar-refractivity contribution in [2.75, 3.05) is 14.2 Å². The van der Waals surface area contributed by atoms with Gasteiger partial charge in [0.05, 0.1) is 0 Å². The highest BCUT2D eigenvalue weighted by Gasteiger charge is 2.07. The second-order valence-electron chi connectivity index (χ2n) is 5.58. The summed E-state index contributed by atoms with van der Waals surface area (Å²) in [6.45, 7) is 2.28. The molecule has 0 aliphatic heterocycles. The van der Waals surface area contributed by atoms with Crippen LogP contribution in [0.2, 0.25) is 6.04 Å². The third-order valence-corrected chi connectivity index (χ3v) is 5.75. The van der Waals surface area contributed by atoms with Crippen LogP contribution in [0, 0.1) is 0 Å². The van der Waals surface area contributed by atoms with E-state index < -0.39 is 9.28 Å². The molecule has 2 nitrogen and oxygen atoms in total. The highest BCUT2D eigenvalue weighted by atomic mass is 28.3. The summed E-state index contributed by atoms with van der Waals surface area (Å²) in [4.78, 5) is 0. The number of unbranched alkanes of at least 4 members (excludes halogenated alkanes) is 11. The van der Waals surface area contributed by atoms with Crippen LogP contribution in [0.4, 0.5) is 0 Å². The normalized spacial score (nSPS) is 11.4. The summed E-state index contributed by atoms with van der Waals surface area (Å²) in [6, 6.07) is 1.17. The molecule has 116 valence electrons. The van der Waals surface area contributed by atoms with Crippen LogP contribution in [0.5, 0.6) is 0 Å². The van der Waals surface area contributed by atoms with Crippen molar-refractivity contribution in [1.29, 1.82) is 0 Å². The minimum absolute atomic E-state index is 1.17. The smallest absolute Gasteiger partial charge is 0.320 e. The molecule has 0 N–H and O–H groups in total. The Hall–Kier alpha value is 0.137. The highest BCUT2D eigenvalue weighted by Crippen LogP contribution is 2.13. The predicted octanol–water partition coefficient (Wildman–Crippen LogP) is 5.20. The Balaban J connectivity index is 3.02. The topological polar surface area (TPSA) is 18.5 Å². The second kappa shape index (κ2) is 16.2. The lowest BCUT2D eigenvalue weighted by Crippen LogP contribution is -2.18. The maximum Gasteiger partial charge on any atom is 0.320 e. The fourth-order valence-electron chi connectivity index (χ4n) is 2.48. The van der Waals surface area contributed by atoms with Gasteiger partial charge in [-0.2, -0.15) is 0 Å². The summed E-state index contributed by atoms with van der Waals surface area (Å²) in [5.41, 5.74) is 0. The average Bonchev–Trinajstić information content (AvgIpc) is 2.44. The molecular weight excluding hydrogens is 252 g/mol. The van der Waals surface area contributed by atoms with Gasteiger partial charge in [-0.25, -0.2) is 0 Å². The summed E-state index contributed by atoms with van der Waals surface area (Å²) in [5.74, 6) is 0. The van der Waals surface area contributed by atoms with Gasteiger partial charge in [0.15, 0.2) is 0 Å². The third-order valence-electron chi connectivity index (χ3n) is 3.82. The van der Waals surface area contributed by atoms with Crippen molar-refractivity contribution in [1.82, 2.24) is 0 Å². The molecule has 0 saturated carbocycles. The second-order valence-corrected chi connectivity index (χ2v) is 7.96. The first kappa shape index (κ1) is 19.1. The molecule has 0 atom stereocenters. The fraction of sp³-hybridized carbons (Fsp3) is 1.00. The number of rotatable bonds is 15. The fourth-order valence-corrected chi connectivity index (χ4v) is 3.77. The average molecular weight is 289 g/mol. The van der Waals surface area contributed by atoms with E-state index in [-0.39, 0.29) is 0 Å². The molecule has 0 aliphatic carbocycles. The van der Waals surface area contributed by atoms with E-state index in [2.05, 4.69) is 6.92 Å². The summed E-state index contributed by atoms with van der Waals surface area (Å²) in [5, 5.41) is 0. The molecule has 3 heteroatoms. The minimum atomic E-state index is -1.28. The van der Waals surface area contributed by atoms with Crippen molar-refractivity contribution in [3.8, 4) is 0 Å². The van der Waals surface area contributed by atoms with Crippen LogP contribution in [0.1, 0.15) is 84.0 Å². The van der Waals surface area contributed by atoms with Crippen LogP contribution in [0.3, 0.4) is 0 Å². The molecule has 0 aliphatic rings. The monoisotopic (exact) mass is 288 g/mol. The molecule has 0 bridgehead atoms.